The third kappa shape index (κ3) is 1.69. The number of hydrogen-bond acceptors (Lipinski definition) is 3. The number of hydrogen-bond donors (Lipinski definition) is 1. The molecule has 0 saturated heterocycles. The molecule has 0 amide bonds. The minimum absolute atomic E-state index is 0.0332. The summed E-state index contributed by atoms with van der Waals surface area (Å²) in [5.41, 5.74) is 8.02. The van der Waals surface area contributed by atoms with E-state index in [1.807, 2.05) is 12.1 Å². The van der Waals surface area contributed by atoms with Gasteiger partial charge in [-0.3, -0.25) is 0 Å². The number of aryl methyl sites for hydroxylation is 1. The molecule has 0 spiro atoms. The van der Waals surface area contributed by atoms with E-state index >= 15 is 0 Å². The van der Waals surface area contributed by atoms with Gasteiger partial charge in [-0.2, -0.15) is 0 Å². The molecule has 2 aromatic heterocycles. The molecule has 0 aliphatic carbocycles. The Morgan fingerprint density at radius 2 is 2.19 bits per heavy atom. The van der Waals surface area contributed by atoms with Gasteiger partial charge in [-0.15, -0.1) is 0 Å². The molecule has 1 atom stereocenters. The zero-order valence-electron chi connectivity index (χ0n) is 10.0. The molecular formula is C12H18N4. The van der Waals surface area contributed by atoms with E-state index in [-0.39, 0.29) is 6.04 Å². The molecule has 2 N–H and O–H groups in total. The summed E-state index contributed by atoms with van der Waals surface area (Å²) in [6, 6.07) is 3.85. The summed E-state index contributed by atoms with van der Waals surface area (Å²) in [6.07, 6.45) is 1.79. The van der Waals surface area contributed by atoms with Crippen LogP contribution in [0.4, 0.5) is 0 Å². The van der Waals surface area contributed by atoms with Crippen molar-refractivity contribution in [2.75, 3.05) is 0 Å². The molecule has 0 radical (unpaired) electrons. The second-order valence-electron chi connectivity index (χ2n) is 4.33. The summed E-state index contributed by atoms with van der Waals surface area (Å²) in [5, 5.41) is 0. The highest BCUT2D eigenvalue weighted by atomic mass is 15.1. The Morgan fingerprint density at radius 3 is 2.81 bits per heavy atom. The summed E-state index contributed by atoms with van der Waals surface area (Å²) in [4.78, 5) is 8.94. The number of nitrogens with two attached hydrogens (primary N) is 1. The van der Waals surface area contributed by atoms with E-state index in [1.165, 1.54) is 0 Å². The first-order valence-corrected chi connectivity index (χ1v) is 5.71. The van der Waals surface area contributed by atoms with Crippen LogP contribution in [0.3, 0.4) is 0 Å². The number of aromatic nitrogens is 3. The van der Waals surface area contributed by atoms with Crippen molar-refractivity contribution in [1.82, 2.24) is 14.5 Å². The Morgan fingerprint density at radius 1 is 1.44 bits per heavy atom. The summed E-state index contributed by atoms with van der Waals surface area (Å²) < 4.78 is 2.10. The standard InChI is InChI=1S/C12H18N4/c1-4-16-11-9(6-5-7-14-11)15-12(16)10(13)8(2)3/h5-8,10H,4,13H2,1-3H3. The minimum atomic E-state index is -0.0332. The quantitative estimate of drug-likeness (QED) is 0.858. The first-order valence-electron chi connectivity index (χ1n) is 5.71. The van der Waals surface area contributed by atoms with Gasteiger partial charge in [0.1, 0.15) is 11.3 Å². The normalized spacial score (nSPS) is 13.6. The number of imidazole rings is 1. The zero-order valence-corrected chi connectivity index (χ0v) is 10.0. The lowest BCUT2D eigenvalue weighted by atomic mass is 10.1. The molecule has 0 saturated carbocycles. The average molecular weight is 218 g/mol. The molecule has 2 rings (SSSR count). The summed E-state index contributed by atoms with van der Waals surface area (Å²) in [5.74, 6) is 1.31. The topological polar surface area (TPSA) is 56.7 Å². The molecule has 2 aromatic rings. The fourth-order valence-corrected chi connectivity index (χ4v) is 1.84. The van der Waals surface area contributed by atoms with Crippen molar-refractivity contribution in [3.05, 3.63) is 24.2 Å². The van der Waals surface area contributed by atoms with Crippen LogP contribution in [0.15, 0.2) is 18.3 Å². The van der Waals surface area contributed by atoms with Gasteiger partial charge in [-0.25, -0.2) is 9.97 Å². The van der Waals surface area contributed by atoms with E-state index in [9.17, 15) is 0 Å². The Bertz CT molecular complexity index is 487. The van der Waals surface area contributed by atoms with Crippen LogP contribution in [0, 0.1) is 5.92 Å². The molecule has 2 heterocycles. The van der Waals surface area contributed by atoms with E-state index in [0.29, 0.717) is 5.92 Å². The number of pyridine rings is 1. The van der Waals surface area contributed by atoms with Crippen molar-refractivity contribution >= 4 is 11.2 Å². The van der Waals surface area contributed by atoms with Crippen LogP contribution in [-0.2, 0) is 6.54 Å². The van der Waals surface area contributed by atoms with Crippen LogP contribution in [0.1, 0.15) is 32.6 Å². The Labute approximate surface area is 95.5 Å². The van der Waals surface area contributed by atoms with Crippen LogP contribution in [0.2, 0.25) is 0 Å². The summed E-state index contributed by atoms with van der Waals surface area (Å²) >= 11 is 0. The Hall–Kier alpha value is -1.42. The van der Waals surface area contributed by atoms with Crippen LogP contribution < -0.4 is 5.73 Å². The van der Waals surface area contributed by atoms with E-state index in [4.69, 9.17) is 5.73 Å². The van der Waals surface area contributed by atoms with Gasteiger partial charge in [0.15, 0.2) is 5.65 Å². The van der Waals surface area contributed by atoms with Crippen molar-refractivity contribution in [3.8, 4) is 0 Å². The molecule has 16 heavy (non-hydrogen) atoms. The van der Waals surface area contributed by atoms with Gasteiger partial charge in [0.2, 0.25) is 0 Å². The van der Waals surface area contributed by atoms with Gasteiger partial charge in [0.05, 0.1) is 6.04 Å². The molecule has 0 fully saturated rings. The summed E-state index contributed by atoms with van der Waals surface area (Å²) in [6.45, 7) is 7.16. The number of nitrogens with zero attached hydrogens (tertiary/aromatic N) is 3. The van der Waals surface area contributed by atoms with Crippen molar-refractivity contribution in [2.24, 2.45) is 11.7 Å². The highest BCUT2D eigenvalue weighted by Gasteiger charge is 2.19. The van der Waals surface area contributed by atoms with E-state index in [2.05, 4.69) is 35.3 Å². The maximum atomic E-state index is 6.17. The van der Waals surface area contributed by atoms with Gasteiger partial charge >= 0.3 is 0 Å². The highest BCUT2D eigenvalue weighted by molar-refractivity contribution is 5.71. The molecule has 1 unspecified atom stereocenters. The maximum Gasteiger partial charge on any atom is 0.160 e. The average Bonchev–Trinajstić information content (AvgIpc) is 2.65. The van der Waals surface area contributed by atoms with Crippen LogP contribution in [0.5, 0.6) is 0 Å². The van der Waals surface area contributed by atoms with Gasteiger partial charge < -0.3 is 10.3 Å². The first kappa shape index (κ1) is 11.1. The van der Waals surface area contributed by atoms with Crippen molar-refractivity contribution < 1.29 is 0 Å². The molecule has 0 bridgehead atoms. The fourth-order valence-electron chi connectivity index (χ4n) is 1.84. The maximum absolute atomic E-state index is 6.17. The lowest BCUT2D eigenvalue weighted by molar-refractivity contribution is 0.472. The van der Waals surface area contributed by atoms with Gasteiger partial charge in [-0.1, -0.05) is 13.8 Å². The zero-order chi connectivity index (χ0) is 11.7. The molecule has 0 aliphatic rings. The Kier molecular flexibility index (Phi) is 2.92. The molecule has 4 heteroatoms. The lowest BCUT2D eigenvalue weighted by Gasteiger charge is -2.16. The predicted octanol–water partition coefficient (Wildman–Crippen LogP) is 2.11. The van der Waals surface area contributed by atoms with Crippen molar-refractivity contribution in [3.63, 3.8) is 0 Å². The third-order valence-corrected chi connectivity index (χ3v) is 2.87. The van der Waals surface area contributed by atoms with E-state index in [0.717, 1.165) is 23.5 Å². The highest BCUT2D eigenvalue weighted by Crippen LogP contribution is 2.22. The SMILES string of the molecule is CCn1c(C(N)C(C)C)nc2cccnc21. The number of rotatable bonds is 3. The fraction of sp³-hybridized carbons (Fsp3) is 0.500. The van der Waals surface area contributed by atoms with Crippen LogP contribution in [-0.4, -0.2) is 14.5 Å². The first-order chi connectivity index (χ1) is 7.65. The predicted molar refractivity (Wildman–Crippen MR) is 65.0 cm³/mol. The van der Waals surface area contributed by atoms with Gasteiger partial charge in [0, 0.05) is 12.7 Å². The van der Waals surface area contributed by atoms with Gasteiger partial charge in [-0.05, 0) is 25.0 Å². The smallest absolute Gasteiger partial charge is 0.160 e. The monoisotopic (exact) mass is 218 g/mol. The largest absolute Gasteiger partial charge is 0.321 e. The third-order valence-electron chi connectivity index (χ3n) is 2.87. The molecule has 86 valence electrons. The molecular weight excluding hydrogens is 200 g/mol. The van der Waals surface area contributed by atoms with Crippen molar-refractivity contribution in [2.45, 2.75) is 33.4 Å². The number of fused-ring (bicyclic) bond motifs is 1. The molecule has 0 aromatic carbocycles. The molecule has 0 aliphatic heterocycles. The van der Waals surface area contributed by atoms with E-state index < -0.39 is 0 Å². The van der Waals surface area contributed by atoms with Crippen molar-refractivity contribution in [1.29, 1.82) is 0 Å². The molecule has 4 nitrogen and oxygen atoms in total. The Balaban J connectivity index is 2.60. The van der Waals surface area contributed by atoms with Crippen LogP contribution >= 0.6 is 0 Å². The second kappa shape index (κ2) is 4.22. The second-order valence-corrected chi connectivity index (χ2v) is 4.33. The summed E-state index contributed by atoms with van der Waals surface area (Å²) in [7, 11) is 0. The lowest BCUT2D eigenvalue weighted by Crippen LogP contribution is -2.21. The van der Waals surface area contributed by atoms with Gasteiger partial charge in [0.25, 0.3) is 0 Å². The minimum Gasteiger partial charge on any atom is -0.321 e. The van der Waals surface area contributed by atoms with E-state index in [1.54, 1.807) is 6.20 Å². The van der Waals surface area contributed by atoms with Crippen LogP contribution in [0.25, 0.3) is 11.2 Å².